The molecule has 0 radical (unpaired) electrons. The number of hydrogen-bond acceptors (Lipinski definition) is 5. The van der Waals surface area contributed by atoms with Crippen molar-refractivity contribution < 1.29 is 9.47 Å². The minimum absolute atomic E-state index is 0.268. The lowest BCUT2D eigenvalue weighted by Crippen LogP contribution is -2.32. The molecule has 2 heterocycles. The molecule has 0 bridgehead atoms. The van der Waals surface area contributed by atoms with Crippen molar-refractivity contribution in [2.24, 2.45) is 0 Å². The van der Waals surface area contributed by atoms with Crippen LogP contribution in [0.5, 0.6) is 0 Å². The molecule has 6 heteroatoms. The van der Waals surface area contributed by atoms with E-state index in [-0.39, 0.29) is 6.10 Å². The largest absolute Gasteiger partial charge is 0.383 e. The zero-order chi connectivity index (χ0) is 15.4. The summed E-state index contributed by atoms with van der Waals surface area (Å²) in [5, 5.41) is 8.93. The molecular weight excluding hydrogens is 280 g/mol. The summed E-state index contributed by atoms with van der Waals surface area (Å²) in [6, 6.07) is 10.3. The van der Waals surface area contributed by atoms with Crippen molar-refractivity contribution in [1.82, 2.24) is 19.9 Å². The maximum Gasteiger partial charge on any atom is 0.0971 e. The molecule has 1 saturated heterocycles. The number of likely N-dealkylation sites (tertiary alicyclic amines) is 1. The van der Waals surface area contributed by atoms with Crippen molar-refractivity contribution in [1.29, 1.82) is 0 Å². The molecule has 1 fully saturated rings. The first-order valence-electron chi connectivity index (χ1n) is 7.52. The predicted octanol–water partition coefficient (Wildman–Crippen LogP) is 1.50. The minimum atomic E-state index is 0.268. The third kappa shape index (κ3) is 3.35. The molecular formula is C16H22N4O2. The van der Waals surface area contributed by atoms with E-state index in [2.05, 4.69) is 15.1 Å². The van der Waals surface area contributed by atoms with Crippen molar-refractivity contribution in [3.05, 3.63) is 42.2 Å². The van der Waals surface area contributed by atoms with Crippen LogP contribution in [-0.2, 0) is 16.0 Å². The Kier molecular flexibility index (Phi) is 4.82. The SMILES string of the molecule is COC[C@@H]1C[C@@H](OC)CN1Cc1cnn(-c2ccccc2)n1. The normalized spacial score (nSPS) is 22.3. The van der Waals surface area contributed by atoms with Crippen molar-refractivity contribution in [3.63, 3.8) is 0 Å². The zero-order valence-corrected chi connectivity index (χ0v) is 13.1. The summed E-state index contributed by atoms with van der Waals surface area (Å²) in [6.07, 6.45) is 3.10. The molecule has 0 saturated carbocycles. The van der Waals surface area contributed by atoms with Gasteiger partial charge >= 0.3 is 0 Å². The Morgan fingerprint density at radius 2 is 2.05 bits per heavy atom. The Labute approximate surface area is 130 Å². The number of hydrogen-bond donors (Lipinski definition) is 0. The Balaban J connectivity index is 1.69. The van der Waals surface area contributed by atoms with E-state index >= 15 is 0 Å². The molecule has 0 aliphatic carbocycles. The van der Waals surface area contributed by atoms with Crippen molar-refractivity contribution in [2.45, 2.75) is 25.1 Å². The first-order chi connectivity index (χ1) is 10.8. The van der Waals surface area contributed by atoms with Gasteiger partial charge in [0.2, 0.25) is 0 Å². The lowest BCUT2D eigenvalue weighted by atomic mass is 10.2. The van der Waals surface area contributed by atoms with E-state index in [9.17, 15) is 0 Å². The number of nitrogens with zero attached hydrogens (tertiary/aromatic N) is 4. The van der Waals surface area contributed by atoms with Gasteiger partial charge in [-0.15, -0.1) is 0 Å². The second-order valence-electron chi connectivity index (χ2n) is 5.59. The highest BCUT2D eigenvalue weighted by atomic mass is 16.5. The Bertz CT molecular complexity index is 587. The van der Waals surface area contributed by atoms with Gasteiger partial charge in [-0.25, -0.2) is 0 Å². The minimum Gasteiger partial charge on any atom is -0.383 e. The van der Waals surface area contributed by atoms with E-state index in [0.717, 1.165) is 30.9 Å². The van der Waals surface area contributed by atoms with Gasteiger partial charge in [0.25, 0.3) is 0 Å². The van der Waals surface area contributed by atoms with Gasteiger partial charge in [0.1, 0.15) is 0 Å². The second-order valence-corrected chi connectivity index (χ2v) is 5.59. The maximum atomic E-state index is 5.49. The van der Waals surface area contributed by atoms with Gasteiger partial charge in [-0.1, -0.05) is 18.2 Å². The third-order valence-corrected chi connectivity index (χ3v) is 4.07. The topological polar surface area (TPSA) is 52.4 Å². The molecule has 1 aliphatic rings. The molecule has 22 heavy (non-hydrogen) atoms. The lowest BCUT2D eigenvalue weighted by molar-refractivity contribution is 0.105. The van der Waals surface area contributed by atoms with E-state index in [1.807, 2.05) is 36.5 Å². The number of methoxy groups -OCH3 is 2. The van der Waals surface area contributed by atoms with Crippen molar-refractivity contribution >= 4 is 0 Å². The number of para-hydroxylation sites is 1. The average Bonchev–Trinajstić information content (AvgIpc) is 3.17. The Morgan fingerprint density at radius 3 is 2.77 bits per heavy atom. The van der Waals surface area contributed by atoms with E-state index in [1.165, 1.54) is 0 Å². The first kappa shape index (κ1) is 15.1. The highest BCUT2D eigenvalue weighted by molar-refractivity contribution is 5.28. The summed E-state index contributed by atoms with van der Waals surface area (Å²) in [5.41, 5.74) is 1.93. The molecule has 118 valence electrons. The fourth-order valence-corrected chi connectivity index (χ4v) is 2.93. The van der Waals surface area contributed by atoms with Gasteiger partial charge in [0.15, 0.2) is 0 Å². The molecule has 3 rings (SSSR count). The summed E-state index contributed by atoms with van der Waals surface area (Å²) in [6.45, 7) is 2.39. The summed E-state index contributed by atoms with van der Waals surface area (Å²) < 4.78 is 10.8. The van der Waals surface area contributed by atoms with Gasteiger partial charge in [0, 0.05) is 33.4 Å². The summed E-state index contributed by atoms with van der Waals surface area (Å²) >= 11 is 0. The van der Waals surface area contributed by atoms with Crippen molar-refractivity contribution in [2.75, 3.05) is 27.4 Å². The van der Waals surface area contributed by atoms with E-state index in [0.29, 0.717) is 12.6 Å². The zero-order valence-electron chi connectivity index (χ0n) is 13.1. The third-order valence-electron chi connectivity index (χ3n) is 4.07. The van der Waals surface area contributed by atoms with E-state index in [1.54, 1.807) is 19.0 Å². The van der Waals surface area contributed by atoms with Crippen molar-refractivity contribution in [3.8, 4) is 5.69 Å². The smallest absolute Gasteiger partial charge is 0.0971 e. The molecule has 1 aliphatic heterocycles. The monoisotopic (exact) mass is 302 g/mol. The van der Waals surface area contributed by atoms with Gasteiger partial charge in [-0.05, 0) is 18.6 Å². The molecule has 0 spiro atoms. The van der Waals surface area contributed by atoms with Crippen LogP contribution in [-0.4, -0.2) is 59.4 Å². The van der Waals surface area contributed by atoms with Crippen LogP contribution in [0.4, 0.5) is 0 Å². The average molecular weight is 302 g/mol. The van der Waals surface area contributed by atoms with Crippen LogP contribution in [0, 0.1) is 0 Å². The molecule has 0 unspecified atom stereocenters. The summed E-state index contributed by atoms with van der Waals surface area (Å²) in [7, 11) is 3.51. The Morgan fingerprint density at radius 1 is 1.23 bits per heavy atom. The van der Waals surface area contributed by atoms with Crippen LogP contribution in [0.3, 0.4) is 0 Å². The number of benzene rings is 1. The maximum absolute atomic E-state index is 5.49. The van der Waals surface area contributed by atoms with Crippen LogP contribution >= 0.6 is 0 Å². The fraction of sp³-hybridized carbons (Fsp3) is 0.500. The fourth-order valence-electron chi connectivity index (χ4n) is 2.93. The Hall–Kier alpha value is -1.76. The summed E-state index contributed by atoms with van der Waals surface area (Å²) in [4.78, 5) is 4.03. The lowest BCUT2D eigenvalue weighted by Gasteiger charge is -2.22. The van der Waals surface area contributed by atoms with Crippen LogP contribution in [0.15, 0.2) is 36.5 Å². The van der Waals surface area contributed by atoms with Crippen LogP contribution in [0.1, 0.15) is 12.1 Å². The second kappa shape index (κ2) is 7.00. The first-order valence-corrected chi connectivity index (χ1v) is 7.52. The molecule has 0 N–H and O–H groups in total. The van der Waals surface area contributed by atoms with Crippen LogP contribution in [0.2, 0.25) is 0 Å². The van der Waals surface area contributed by atoms with Gasteiger partial charge in [-0.3, -0.25) is 4.90 Å². The number of aromatic nitrogens is 3. The van der Waals surface area contributed by atoms with Crippen LogP contribution in [0.25, 0.3) is 5.69 Å². The quantitative estimate of drug-likeness (QED) is 0.809. The molecule has 2 atom stereocenters. The van der Waals surface area contributed by atoms with E-state index < -0.39 is 0 Å². The standard InChI is InChI=1S/C16H22N4O2/c1-21-12-15-8-16(22-2)11-19(15)10-13-9-17-20(18-13)14-6-4-3-5-7-14/h3-7,9,15-16H,8,10-12H2,1-2H3/t15-,16+/m0/s1. The number of ether oxygens (including phenoxy) is 2. The highest BCUT2D eigenvalue weighted by Gasteiger charge is 2.32. The highest BCUT2D eigenvalue weighted by Crippen LogP contribution is 2.22. The van der Waals surface area contributed by atoms with Gasteiger partial charge in [-0.2, -0.15) is 15.0 Å². The van der Waals surface area contributed by atoms with Crippen LogP contribution < -0.4 is 0 Å². The van der Waals surface area contributed by atoms with Gasteiger partial charge < -0.3 is 9.47 Å². The predicted molar refractivity (Wildman–Crippen MR) is 82.8 cm³/mol. The molecule has 0 amide bonds. The van der Waals surface area contributed by atoms with E-state index in [4.69, 9.17) is 9.47 Å². The molecule has 1 aromatic carbocycles. The summed E-state index contributed by atoms with van der Waals surface area (Å²) in [5.74, 6) is 0. The number of rotatable bonds is 6. The molecule has 6 nitrogen and oxygen atoms in total. The molecule has 1 aromatic heterocycles. The van der Waals surface area contributed by atoms with Gasteiger partial charge in [0.05, 0.1) is 30.3 Å². The molecule has 2 aromatic rings.